The number of aliphatic hydroxyl groups excluding tert-OH is 1. The van der Waals surface area contributed by atoms with E-state index in [2.05, 4.69) is 23.7 Å². The summed E-state index contributed by atoms with van der Waals surface area (Å²) in [6, 6.07) is 3.73. The fraction of sp³-hybridized carbons (Fsp3) is 0.583. The highest BCUT2D eigenvalue weighted by Crippen LogP contribution is 2.33. The predicted octanol–water partition coefficient (Wildman–Crippen LogP) is 2.61. The molecule has 0 amide bonds. The van der Waals surface area contributed by atoms with Crippen LogP contribution >= 0.6 is 11.6 Å². The third-order valence-corrected chi connectivity index (χ3v) is 3.58. The highest BCUT2D eigenvalue weighted by molar-refractivity contribution is 6.31. The van der Waals surface area contributed by atoms with Gasteiger partial charge in [0.2, 0.25) is 0 Å². The van der Waals surface area contributed by atoms with Gasteiger partial charge in [0, 0.05) is 12.1 Å². The summed E-state index contributed by atoms with van der Waals surface area (Å²) >= 11 is 5.93. The van der Waals surface area contributed by atoms with Crippen LogP contribution in [0.2, 0.25) is 5.02 Å². The monoisotopic (exact) mass is 240 g/mol. The van der Waals surface area contributed by atoms with Crippen LogP contribution in [0.3, 0.4) is 0 Å². The van der Waals surface area contributed by atoms with Crippen LogP contribution in [0.15, 0.2) is 12.1 Å². The molecule has 2 rings (SSSR count). The maximum absolute atomic E-state index is 9.15. The van der Waals surface area contributed by atoms with Gasteiger partial charge in [-0.1, -0.05) is 11.6 Å². The number of aliphatic hydroxyl groups is 1. The Labute approximate surface area is 101 Å². The van der Waals surface area contributed by atoms with E-state index in [-0.39, 0.29) is 12.1 Å². The highest BCUT2D eigenvalue weighted by Gasteiger charge is 2.32. The van der Waals surface area contributed by atoms with E-state index in [1.54, 1.807) is 0 Å². The zero-order chi connectivity index (χ0) is 11.8. The molecule has 1 aliphatic rings. The molecule has 1 aromatic heterocycles. The fourth-order valence-corrected chi connectivity index (χ4v) is 2.43. The van der Waals surface area contributed by atoms with E-state index in [0.717, 1.165) is 12.4 Å². The van der Waals surface area contributed by atoms with Crippen molar-refractivity contribution in [3.05, 3.63) is 22.8 Å². The second kappa shape index (κ2) is 4.22. The molecule has 4 heteroatoms. The van der Waals surface area contributed by atoms with Crippen LogP contribution in [0.25, 0.3) is 0 Å². The standard InChI is InChI=1S/C12H17ClN2O/c1-12(2)6-3-7-15(12)11-5-4-9(13)10(8-16)14-11/h4-5,16H,3,6-8H2,1-2H3. The minimum atomic E-state index is -0.110. The Kier molecular flexibility index (Phi) is 3.08. The van der Waals surface area contributed by atoms with E-state index in [0.29, 0.717) is 10.7 Å². The molecule has 0 aliphatic carbocycles. The summed E-state index contributed by atoms with van der Waals surface area (Å²) < 4.78 is 0. The Morgan fingerprint density at radius 2 is 2.25 bits per heavy atom. The van der Waals surface area contributed by atoms with E-state index in [1.807, 2.05) is 12.1 Å². The van der Waals surface area contributed by atoms with E-state index in [9.17, 15) is 0 Å². The second-order valence-electron chi connectivity index (χ2n) is 4.82. The SMILES string of the molecule is CC1(C)CCCN1c1ccc(Cl)c(CO)n1. The molecule has 3 nitrogen and oxygen atoms in total. The maximum Gasteiger partial charge on any atom is 0.129 e. The third-order valence-electron chi connectivity index (χ3n) is 3.23. The van der Waals surface area contributed by atoms with Crippen LogP contribution in [-0.4, -0.2) is 22.2 Å². The molecule has 0 unspecified atom stereocenters. The number of aromatic nitrogens is 1. The molecule has 0 radical (unpaired) electrons. The van der Waals surface area contributed by atoms with Crippen LogP contribution in [0.5, 0.6) is 0 Å². The summed E-state index contributed by atoms with van der Waals surface area (Å²) in [4.78, 5) is 6.69. The van der Waals surface area contributed by atoms with Gasteiger partial charge >= 0.3 is 0 Å². The molecular weight excluding hydrogens is 224 g/mol. The zero-order valence-electron chi connectivity index (χ0n) is 9.70. The molecule has 0 aromatic carbocycles. The molecule has 0 saturated carbocycles. The van der Waals surface area contributed by atoms with Crippen LogP contribution < -0.4 is 4.90 Å². The summed E-state index contributed by atoms with van der Waals surface area (Å²) in [6.45, 7) is 5.34. The number of hydrogen-bond acceptors (Lipinski definition) is 3. The largest absolute Gasteiger partial charge is 0.390 e. The molecule has 88 valence electrons. The van der Waals surface area contributed by atoms with Gasteiger partial charge in [0.15, 0.2) is 0 Å². The lowest BCUT2D eigenvalue weighted by atomic mass is 10.0. The molecule has 0 bridgehead atoms. The minimum Gasteiger partial charge on any atom is -0.390 e. The van der Waals surface area contributed by atoms with Crippen molar-refractivity contribution in [1.82, 2.24) is 4.98 Å². The first kappa shape index (κ1) is 11.7. The summed E-state index contributed by atoms with van der Waals surface area (Å²) in [5.74, 6) is 0.913. The van der Waals surface area contributed by atoms with E-state index in [4.69, 9.17) is 16.7 Å². The molecule has 1 N–H and O–H groups in total. The van der Waals surface area contributed by atoms with Crippen molar-refractivity contribution in [2.75, 3.05) is 11.4 Å². The van der Waals surface area contributed by atoms with E-state index >= 15 is 0 Å². The van der Waals surface area contributed by atoms with Crippen molar-refractivity contribution in [3.8, 4) is 0 Å². The van der Waals surface area contributed by atoms with Crippen molar-refractivity contribution >= 4 is 17.4 Å². The van der Waals surface area contributed by atoms with Crippen molar-refractivity contribution < 1.29 is 5.11 Å². The van der Waals surface area contributed by atoms with Crippen molar-refractivity contribution in [2.24, 2.45) is 0 Å². The number of anilines is 1. The van der Waals surface area contributed by atoms with Gasteiger partial charge in [-0.25, -0.2) is 4.98 Å². The third kappa shape index (κ3) is 2.02. The number of pyridine rings is 1. The van der Waals surface area contributed by atoms with E-state index in [1.165, 1.54) is 12.8 Å². The van der Waals surface area contributed by atoms with Crippen molar-refractivity contribution in [1.29, 1.82) is 0 Å². The summed E-state index contributed by atoms with van der Waals surface area (Å²) in [5, 5.41) is 9.68. The molecule has 1 aliphatic heterocycles. The van der Waals surface area contributed by atoms with Crippen LogP contribution in [0.1, 0.15) is 32.4 Å². The lowest BCUT2D eigenvalue weighted by Crippen LogP contribution is -2.38. The Balaban J connectivity index is 2.34. The highest BCUT2D eigenvalue weighted by atomic mass is 35.5. The van der Waals surface area contributed by atoms with Crippen molar-refractivity contribution in [3.63, 3.8) is 0 Å². The van der Waals surface area contributed by atoms with Crippen LogP contribution in [-0.2, 0) is 6.61 Å². The first-order valence-electron chi connectivity index (χ1n) is 5.58. The van der Waals surface area contributed by atoms with Crippen LogP contribution in [0, 0.1) is 0 Å². The molecule has 2 heterocycles. The first-order chi connectivity index (χ1) is 7.54. The fourth-order valence-electron chi connectivity index (χ4n) is 2.27. The van der Waals surface area contributed by atoms with Gasteiger partial charge in [-0.15, -0.1) is 0 Å². The molecular formula is C12H17ClN2O. The number of nitrogens with zero attached hydrogens (tertiary/aromatic N) is 2. The van der Waals surface area contributed by atoms with Crippen molar-refractivity contribution in [2.45, 2.75) is 38.8 Å². The number of rotatable bonds is 2. The van der Waals surface area contributed by atoms with Gasteiger partial charge in [-0.05, 0) is 38.8 Å². The molecule has 0 atom stereocenters. The average Bonchev–Trinajstić information content (AvgIpc) is 2.59. The van der Waals surface area contributed by atoms with E-state index < -0.39 is 0 Å². The molecule has 1 saturated heterocycles. The van der Waals surface area contributed by atoms with Gasteiger partial charge in [-0.2, -0.15) is 0 Å². The van der Waals surface area contributed by atoms with Gasteiger partial charge in [0.1, 0.15) is 5.82 Å². The van der Waals surface area contributed by atoms with Gasteiger partial charge < -0.3 is 10.0 Å². The normalized spacial score (nSPS) is 19.1. The Morgan fingerprint density at radius 1 is 1.50 bits per heavy atom. The van der Waals surface area contributed by atoms with Gasteiger partial charge in [0.25, 0.3) is 0 Å². The maximum atomic E-state index is 9.15. The Bertz CT molecular complexity index is 393. The lowest BCUT2D eigenvalue weighted by molar-refractivity contribution is 0.277. The molecule has 1 aromatic rings. The number of hydrogen-bond donors (Lipinski definition) is 1. The zero-order valence-corrected chi connectivity index (χ0v) is 10.5. The molecule has 1 fully saturated rings. The Morgan fingerprint density at radius 3 is 2.81 bits per heavy atom. The van der Waals surface area contributed by atoms with Crippen LogP contribution in [0.4, 0.5) is 5.82 Å². The lowest BCUT2D eigenvalue weighted by Gasteiger charge is -2.32. The summed E-state index contributed by atoms with van der Waals surface area (Å²) in [6.07, 6.45) is 2.36. The quantitative estimate of drug-likeness (QED) is 0.863. The summed E-state index contributed by atoms with van der Waals surface area (Å²) in [7, 11) is 0. The predicted molar refractivity (Wildman–Crippen MR) is 65.8 cm³/mol. The van der Waals surface area contributed by atoms with Gasteiger partial charge in [0.05, 0.1) is 17.3 Å². The topological polar surface area (TPSA) is 36.4 Å². The first-order valence-corrected chi connectivity index (χ1v) is 5.96. The molecule has 16 heavy (non-hydrogen) atoms. The molecule has 0 spiro atoms. The Hall–Kier alpha value is -0.800. The van der Waals surface area contributed by atoms with Gasteiger partial charge in [-0.3, -0.25) is 0 Å². The number of halogens is 1. The summed E-state index contributed by atoms with van der Waals surface area (Å²) in [5.41, 5.74) is 0.704. The average molecular weight is 241 g/mol. The smallest absolute Gasteiger partial charge is 0.129 e. The minimum absolute atomic E-state index is 0.110. The second-order valence-corrected chi connectivity index (χ2v) is 5.23.